The predicted octanol–water partition coefficient (Wildman–Crippen LogP) is 2.21. The molecule has 1 N–H and O–H groups in total. The van der Waals surface area contributed by atoms with Crippen LogP contribution in [0.5, 0.6) is 0 Å². The number of nitriles is 1. The molecule has 2 heterocycles. The molecule has 0 aromatic carbocycles. The number of fused-ring (bicyclic) bond motifs is 1. The van der Waals surface area contributed by atoms with Crippen molar-refractivity contribution in [3.8, 4) is 6.07 Å². The summed E-state index contributed by atoms with van der Waals surface area (Å²) in [6, 6.07) is 6.76. The second-order valence-corrected chi connectivity index (χ2v) is 6.58. The molecule has 5 nitrogen and oxygen atoms in total. The first-order chi connectivity index (χ1) is 10.6. The number of hydrogen-bond donors (Lipinski definition) is 1. The summed E-state index contributed by atoms with van der Waals surface area (Å²) in [4.78, 5) is 14.6. The van der Waals surface area contributed by atoms with E-state index in [0.29, 0.717) is 6.54 Å². The molecule has 1 aromatic heterocycles. The van der Waals surface area contributed by atoms with Crippen molar-refractivity contribution in [1.82, 2.24) is 14.8 Å². The largest absolute Gasteiger partial charge is 0.349 e. The van der Waals surface area contributed by atoms with E-state index in [2.05, 4.69) is 46.1 Å². The molecule has 1 atom stereocenters. The van der Waals surface area contributed by atoms with Crippen molar-refractivity contribution >= 4 is 5.91 Å². The Morgan fingerprint density at radius 1 is 1.41 bits per heavy atom. The van der Waals surface area contributed by atoms with Gasteiger partial charge in [-0.25, -0.2) is 0 Å². The Balaban J connectivity index is 1.62. The third-order valence-electron chi connectivity index (χ3n) is 5.12. The van der Waals surface area contributed by atoms with Crippen molar-refractivity contribution in [1.29, 1.82) is 5.26 Å². The van der Waals surface area contributed by atoms with Crippen LogP contribution in [0.25, 0.3) is 0 Å². The van der Waals surface area contributed by atoms with Gasteiger partial charge in [-0.05, 0) is 31.9 Å². The summed E-state index contributed by atoms with van der Waals surface area (Å²) < 4.78 is 2.25. The van der Waals surface area contributed by atoms with Crippen molar-refractivity contribution in [2.75, 3.05) is 13.1 Å². The van der Waals surface area contributed by atoms with E-state index in [1.165, 1.54) is 12.1 Å². The molecule has 0 bridgehead atoms. The SMILES string of the molecule is CC1c2cccn2CCN1CC(=O)NC1(C#N)CCCCC1. The molecule has 1 unspecified atom stereocenters. The van der Waals surface area contributed by atoms with Gasteiger partial charge in [0.1, 0.15) is 5.54 Å². The number of amides is 1. The summed E-state index contributed by atoms with van der Waals surface area (Å²) in [7, 11) is 0. The normalized spacial score (nSPS) is 24.3. The van der Waals surface area contributed by atoms with E-state index in [1.54, 1.807) is 0 Å². The zero-order valence-corrected chi connectivity index (χ0v) is 13.2. The Labute approximate surface area is 131 Å². The maximum atomic E-state index is 12.4. The van der Waals surface area contributed by atoms with Gasteiger partial charge in [-0.2, -0.15) is 5.26 Å². The minimum atomic E-state index is -0.630. The van der Waals surface area contributed by atoms with E-state index in [9.17, 15) is 10.1 Å². The lowest BCUT2D eigenvalue weighted by Crippen LogP contribution is -2.52. The van der Waals surface area contributed by atoms with E-state index in [-0.39, 0.29) is 11.9 Å². The number of nitrogens with one attached hydrogen (secondary N) is 1. The van der Waals surface area contributed by atoms with Gasteiger partial charge in [0, 0.05) is 31.0 Å². The lowest BCUT2D eigenvalue weighted by atomic mass is 9.83. The van der Waals surface area contributed by atoms with Crippen LogP contribution in [0.15, 0.2) is 18.3 Å². The lowest BCUT2D eigenvalue weighted by molar-refractivity contribution is -0.124. The minimum Gasteiger partial charge on any atom is -0.349 e. The van der Waals surface area contributed by atoms with Gasteiger partial charge in [0.15, 0.2) is 0 Å². The van der Waals surface area contributed by atoms with E-state index < -0.39 is 5.54 Å². The number of nitrogens with zero attached hydrogens (tertiary/aromatic N) is 3. The van der Waals surface area contributed by atoms with Crippen molar-refractivity contribution in [3.05, 3.63) is 24.0 Å². The molecule has 3 rings (SSSR count). The van der Waals surface area contributed by atoms with Crippen LogP contribution in [0.4, 0.5) is 0 Å². The smallest absolute Gasteiger partial charge is 0.235 e. The molecule has 118 valence electrons. The monoisotopic (exact) mass is 300 g/mol. The van der Waals surface area contributed by atoms with Crippen LogP contribution in [0, 0.1) is 11.3 Å². The second kappa shape index (κ2) is 6.13. The maximum absolute atomic E-state index is 12.4. The van der Waals surface area contributed by atoms with Crippen LogP contribution in [0.1, 0.15) is 50.8 Å². The molecular weight excluding hydrogens is 276 g/mol. The first kappa shape index (κ1) is 15.1. The van der Waals surface area contributed by atoms with Crippen LogP contribution in [-0.4, -0.2) is 34.0 Å². The highest BCUT2D eigenvalue weighted by atomic mass is 16.2. The second-order valence-electron chi connectivity index (χ2n) is 6.58. The molecule has 2 aliphatic rings. The Morgan fingerprint density at radius 2 is 2.18 bits per heavy atom. The molecular formula is C17H24N4O. The lowest BCUT2D eigenvalue weighted by Gasteiger charge is -2.36. The Hall–Kier alpha value is -1.80. The van der Waals surface area contributed by atoms with Gasteiger partial charge in [-0.15, -0.1) is 0 Å². The van der Waals surface area contributed by atoms with Crippen molar-refractivity contribution in [2.45, 2.75) is 57.2 Å². The fraction of sp³-hybridized carbons (Fsp3) is 0.647. The summed E-state index contributed by atoms with van der Waals surface area (Å²) in [5.74, 6) is -0.0182. The van der Waals surface area contributed by atoms with Crippen molar-refractivity contribution in [2.24, 2.45) is 0 Å². The third kappa shape index (κ3) is 2.89. The van der Waals surface area contributed by atoms with Crippen LogP contribution < -0.4 is 5.32 Å². The molecule has 1 fully saturated rings. The molecule has 1 saturated carbocycles. The average molecular weight is 300 g/mol. The highest BCUT2D eigenvalue weighted by molar-refractivity contribution is 5.79. The fourth-order valence-corrected chi connectivity index (χ4v) is 3.75. The molecule has 1 aliphatic carbocycles. The first-order valence-corrected chi connectivity index (χ1v) is 8.25. The zero-order valence-electron chi connectivity index (χ0n) is 13.2. The van der Waals surface area contributed by atoms with Gasteiger partial charge < -0.3 is 9.88 Å². The molecule has 0 saturated heterocycles. The van der Waals surface area contributed by atoms with Crippen LogP contribution >= 0.6 is 0 Å². The van der Waals surface area contributed by atoms with Crippen LogP contribution in [-0.2, 0) is 11.3 Å². The van der Waals surface area contributed by atoms with Crippen molar-refractivity contribution in [3.63, 3.8) is 0 Å². The van der Waals surface area contributed by atoms with Crippen LogP contribution in [0.2, 0.25) is 0 Å². The molecule has 0 radical (unpaired) electrons. The fourth-order valence-electron chi connectivity index (χ4n) is 3.75. The molecule has 0 spiro atoms. The van der Waals surface area contributed by atoms with Gasteiger partial charge in [0.25, 0.3) is 0 Å². The maximum Gasteiger partial charge on any atom is 0.235 e. The summed E-state index contributed by atoms with van der Waals surface area (Å²) in [6.07, 6.45) is 6.89. The number of aromatic nitrogens is 1. The van der Waals surface area contributed by atoms with Gasteiger partial charge in [0.2, 0.25) is 5.91 Å². The number of hydrogen-bond acceptors (Lipinski definition) is 3. The molecule has 1 aliphatic heterocycles. The average Bonchev–Trinajstić information content (AvgIpc) is 3.00. The molecule has 1 aromatic rings. The first-order valence-electron chi connectivity index (χ1n) is 8.25. The van der Waals surface area contributed by atoms with Gasteiger partial charge >= 0.3 is 0 Å². The standard InChI is InChI=1S/C17H24N4O/c1-14-15-6-5-9-20(15)10-11-21(14)12-16(22)19-17(13-18)7-3-2-4-8-17/h5-6,9,14H,2-4,7-8,10-12H2,1H3,(H,19,22). The number of carbonyl (C=O) groups is 1. The van der Waals surface area contributed by atoms with Crippen molar-refractivity contribution < 1.29 is 4.79 Å². The van der Waals surface area contributed by atoms with E-state index in [0.717, 1.165) is 38.8 Å². The van der Waals surface area contributed by atoms with Gasteiger partial charge in [-0.1, -0.05) is 19.3 Å². The van der Waals surface area contributed by atoms with E-state index in [4.69, 9.17) is 0 Å². The summed E-state index contributed by atoms with van der Waals surface area (Å²) >= 11 is 0. The highest BCUT2D eigenvalue weighted by Crippen LogP contribution is 2.28. The molecule has 5 heteroatoms. The molecule has 22 heavy (non-hydrogen) atoms. The zero-order chi connectivity index (χ0) is 15.6. The predicted molar refractivity (Wildman–Crippen MR) is 84.0 cm³/mol. The Morgan fingerprint density at radius 3 is 2.91 bits per heavy atom. The van der Waals surface area contributed by atoms with E-state index in [1.807, 2.05) is 0 Å². The highest BCUT2D eigenvalue weighted by Gasteiger charge is 2.34. The quantitative estimate of drug-likeness (QED) is 0.931. The topological polar surface area (TPSA) is 61.1 Å². The number of carbonyl (C=O) groups excluding carboxylic acids is 1. The summed E-state index contributed by atoms with van der Waals surface area (Å²) in [5.41, 5.74) is 0.626. The summed E-state index contributed by atoms with van der Waals surface area (Å²) in [6.45, 7) is 4.30. The summed E-state index contributed by atoms with van der Waals surface area (Å²) in [5, 5.41) is 12.5. The minimum absolute atomic E-state index is 0.0182. The molecule has 1 amide bonds. The Bertz CT molecular complexity index is 580. The number of rotatable bonds is 3. The Kier molecular flexibility index (Phi) is 4.21. The van der Waals surface area contributed by atoms with Crippen LogP contribution in [0.3, 0.4) is 0 Å². The third-order valence-corrected chi connectivity index (χ3v) is 5.12. The van der Waals surface area contributed by atoms with Gasteiger partial charge in [-0.3, -0.25) is 9.69 Å². The van der Waals surface area contributed by atoms with Gasteiger partial charge in [0.05, 0.1) is 12.6 Å². The van der Waals surface area contributed by atoms with E-state index >= 15 is 0 Å².